The van der Waals surface area contributed by atoms with E-state index in [0.717, 1.165) is 66.4 Å². The van der Waals surface area contributed by atoms with Gasteiger partial charge in [0.1, 0.15) is 17.1 Å². The topological polar surface area (TPSA) is 73.5 Å². The molecule has 2 N–H and O–H groups in total. The molecular weight excluding hydrogens is 462 g/mol. The molecular formula is C30H35N5O2. The van der Waals surface area contributed by atoms with E-state index >= 15 is 0 Å². The maximum Gasteiger partial charge on any atom is 0.227 e. The van der Waals surface area contributed by atoms with Crippen molar-refractivity contribution in [2.24, 2.45) is 5.92 Å². The second kappa shape index (κ2) is 11.6. The Bertz CT molecular complexity index is 1310. The Morgan fingerprint density at radius 2 is 1.78 bits per heavy atom. The summed E-state index contributed by atoms with van der Waals surface area (Å²) in [6.45, 7) is 6.99. The molecule has 0 spiro atoms. The van der Waals surface area contributed by atoms with Crippen LogP contribution in [-0.4, -0.2) is 65.4 Å². The van der Waals surface area contributed by atoms with E-state index in [0.29, 0.717) is 13.0 Å². The number of amides is 1. The molecule has 4 aromatic rings. The zero-order chi connectivity index (χ0) is 25.6. The number of benzene rings is 2. The zero-order valence-electron chi connectivity index (χ0n) is 21.6. The Morgan fingerprint density at radius 1 is 1.03 bits per heavy atom. The van der Waals surface area contributed by atoms with Gasteiger partial charge >= 0.3 is 0 Å². The van der Waals surface area contributed by atoms with Gasteiger partial charge in [-0.15, -0.1) is 0 Å². The molecule has 37 heavy (non-hydrogen) atoms. The standard InChI is InChI=1S/C30H35N5O2/c1-22-19-33-29-28(22)27(12-13-32-29)37-26-10-8-23(9-11-26)18-25(20-31-2)30(36)35-16-14-34(15-17-35)21-24-6-4-3-5-7-24/h3-13,19,25,31H,14-18,20-21H2,1-2H3,(H,32,33)/t25-/m0/s1. The summed E-state index contributed by atoms with van der Waals surface area (Å²) in [4.78, 5) is 25.4. The SMILES string of the molecule is CNC[C@H](Cc1ccc(Oc2ccnc3[nH]cc(C)c23)cc1)C(=O)N1CCN(Cc2ccccc2)CC1. The molecule has 0 aliphatic carbocycles. The Balaban J connectivity index is 1.18. The van der Waals surface area contributed by atoms with Gasteiger partial charge in [-0.1, -0.05) is 42.5 Å². The highest BCUT2D eigenvalue weighted by molar-refractivity contribution is 5.86. The number of hydrogen-bond acceptors (Lipinski definition) is 5. The molecule has 5 rings (SSSR count). The minimum Gasteiger partial charge on any atom is -0.457 e. The van der Waals surface area contributed by atoms with Crippen LogP contribution < -0.4 is 10.1 Å². The number of fused-ring (bicyclic) bond motifs is 1. The number of nitrogens with one attached hydrogen (secondary N) is 2. The molecule has 1 aliphatic rings. The Kier molecular flexibility index (Phi) is 7.82. The molecule has 2 aromatic heterocycles. The van der Waals surface area contributed by atoms with Gasteiger partial charge in [-0.25, -0.2) is 4.98 Å². The number of aromatic amines is 1. The van der Waals surface area contributed by atoms with Crippen molar-refractivity contribution in [2.45, 2.75) is 19.9 Å². The summed E-state index contributed by atoms with van der Waals surface area (Å²) in [5, 5.41) is 4.22. The van der Waals surface area contributed by atoms with E-state index in [9.17, 15) is 4.79 Å². The normalized spacial score (nSPS) is 15.1. The quantitative estimate of drug-likeness (QED) is 0.359. The van der Waals surface area contributed by atoms with Crippen molar-refractivity contribution in [3.05, 3.63) is 89.7 Å². The highest BCUT2D eigenvalue weighted by atomic mass is 16.5. The number of piperazine rings is 1. The first-order chi connectivity index (χ1) is 18.1. The molecule has 1 fully saturated rings. The van der Waals surface area contributed by atoms with Gasteiger partial charge in [-0.2, -0.15) is 0 Å². The minimum atomic E-state index is -0.0974. The molecule has 1 saturated heterocycles. The van der Waals surface area contributed by atoms with Crippen LogP contribution in [0.1, 0.15) is 16.7 Å². The fourth-order valence-corrected chi connectivity index (χ4v) is 5.09. The summed E-state index contributed by atoms with van der Waals surface area (Å²) in [5.74, 6) is 1.69. The van der Waals surface area contributed by atoms with E-state index in [-0.39, 0.29) is 11.8 Å². The van der Waals surface area contributed by atoms with E-state index in [1.54, 1.807) is 6.20 Å². The Labute approximate surface area is 218 Å². The smallest absolute Gasteiger partial charge is 0.227 e. The van der Waals surface area contributed by atoms with Crippen molar-refractivity contribution in [2.75, 3.05) is 39.8 Å². The van der Waals surface area contributed by atoms with Gasteiger partial charge in [-0.05, 0) is 55.3 Å². The van der Waals surface area contributed by atoms with Crippen LogP contribution in [0, 0.1) is 12.8 Å². The third-order valence-corrected chi connectivity index (χ3v) is 7.10. The number of carbonyl (C=O) groups excluding carboxylic acids is 1. The molecule has 0 unspecified atom stereocenters. The third kappa shape index (κ3) is 6.01. The lowest BCUT2D eigenvalue weighted by Crippen LogP contribution is -2.51. The maximum atomic E-state index is 13.4. The molecule has 7 nitrogen and oxygen atoms in total. The van der Waals surface area contributed by atoms with Crippen LogP contribution in [0.4, 0.5) is 0 Å². The Morgan fingerprint density at radius 3 is 2.51 bits per heavy atom. The number of nitrogens with zero attached hydrogens (tertiary/aromatic N) is 3. The van der Waals surface area contributed by atoms with E-state index in [1.165, 1.54) is 5.56 Å². The largest absolute Gasteiger partial charge is 0.457 e. The van der Waals surface area contributed by atoms with Gasteiger partial charge in [-0.3, -0.25) is 9.69 Å². The lowest BCUT2D eigenvalue weighted by Gasteiger charge is -2.36. The van der Waals surface area contributed by atoms with Gasteiger partial charge in [0.15, 0.2) is 0 Å². The summed E-state index contributed by atoms with van der Waals surface area (Å²) in [7, 11) is 1.91. The fourth-order valence-electron chi connectivity index (χ4n) is 5.09. The van der Waals surface area contributed by atoms with Crippen molar-refractivity contribution < 1.29 is 9.53 Å². The van der Waals surface area contributed by atoms with Crippen molar-refractivity contribution in [3.8, 4) is 11.5 Å². The predicted molar refractivity (Wildman–Crippen MR) is 147 cm³/mol. The second-order valence-corrected chi connectivity index (χ2v) is 9.80. The van der Waals surface area contributed by atoms with Gasteiger partial charge in [0, 0.05) is 51.7 Å². The van der Waals surface area contributed by atoms with Crippen molar-refractivity contribution in [1.82, 2.24) is 25.1 Å². The molecule has 0 radical (unpaired) electrons. The predicted octanol–water partition coefficient (Wildman–Crippen LogP) is 4.39. The lowest BCUT2D eigenvalue weighted by atomic mass is 9.97. The molecule has 1 amide bonds. The maximum absolute atomic E-state index is 13.4. The lowest BCUT2D eigenvalue weighted by molar-refractivity contribution is -0.137. The summed E-state index contributed by atoms with van der Waals surface area (Å²) < 4.78 is 6.18. The highest BCUT2D eigenvalue weighted by Gasteiger charge is 2.27. The van der Waals surface area contributed by atoms with Crippen LogP contribution in [-0.2, 0) is 17.8 Å². The molecule has 7 heteroatoms. The number of rotatable bonds is 9. The number of pyridine rings is 1. The van der Waals surface area contributed by atoms with Gasteiger partial charge in [0.2, 0.25) is 5.91 Å². The first-order valence-corrected chi connectivity index (χ1v) is 13.0. The fraction of sp³-hybridized carbons (Fsp3) is 0.333. The third-order valence-electron chi connectivity index (χ3n) is 7.10. The Hall–Kier alpha value is -3.68. The molecule has 192 valence electrons. The highest BCUT2D eigenvalue weighted by Crippen LogP contribution is 2.31. The van der Waals surface area contributed by atoms with Crippen LogP contribution in [0.25, 0.3) is 11.0 Å². The van der Waals surface area contributed by atoms with Crippen molar-refractivity contribution in [3.63, 3.8) is 0 Å². The molecule has 2 aromatic carbocycles. The van der Waals surface area contributed by atoms with E-state index in [4.69, 9.17) is 4.74 Å². The minimum absolute atomic E-state index is 0.0974. The molecule has 3 heterocycles. The number of aryl methyl sites for hydroxylation is 1. The molecule has 0 saturated carbocycles. The average molecular weight is 498 g/mol. The van der Waals surface area contributed by atoms with Gasteiger partial charge in [0.25, 0.3) is 0 Å². The number of carbonyl (C=O) groups is 1. The molecule has 1 aliphatic heterocycles. The van der Waals surface area contributed by atoms with Gasteiger partial charge in [0.05, 0.1) is 11.3 Å². The first-order valence-electron chi connectivity index (χ1n) is 13.0. The zero-order valence-corrected chi connectivity index (χ0v) is 21.6. The first kappa shape index (κ1) is 25.0. The van der Waals surface area contributed by atoms with Crippen LogP contribution in [0.15, 0.2) is 73.1 Å². The van der Waals surface area contributed by atoms with Crippen molar-refractivity contribution in [1.29, 1.82) is 0 Å². The van der Waals surface area contributed by atoms with E-state index in [2.05, 4.69) is 56.6 Å². The monoisotopic (exact) mass is 497 g/mol. The summed E-state index contributed by atoms with van der Waals surface area (Å²) in [6.07, 6.45) is 4.38. The van der Waals surface area contributed by atoms with Crippen LogP contribution in [0.2, 0.25) is 0 Å². The van der Waals surface area contributed by atoms with Crippen LogP contribution >= 0.6 is 0 Å². The van der Waals surface area contributed by atoms with E-state index in [1.807, 2.05) is 49.3 Å². The van der Waals surface area contributed by atoms with E-state index < -0.39 is 0 Å². The van der Waals surface area contributed by atoms with Crippen LogP contribution in [0.3, 0.4) is 0 Å². The summed E-state index contributed by atoms with van der Waals surface area (Å²) in [6, 6.07) is 20.5. The van der Waals surface area contributed by atoms with Crippen molar-refractivity contribution >= 4 is 16.9 Å². The molecule has 0 bridgehead atoms. The average Bonchev–Trinajstić information content (AvgIpc) is 3.32. The number of hydrogen-bond donors (Lipinski definition) is 2. The number of H-pyrrole nitrogens is 1. The summed E-state index contributed by atoms with van der Waals surface area (Å²) >= 11 is 0. The number of ether oxygens (including phenoxy) is 1. The molecule has 1 atom stereocenters. The van der Waals surface area contributed by atoms with Gasteiger partial charge < -0.3 is 19.9 Å². The second-order valence-electron chi connectivity index (χ2n) is 9.80. The van der Waals surface area contributed by atoms with Crippen LogP contribution in [0.5, 0.6) is 11.5 Å². The summed E-state index contributed by atoms with van der Waals surface area (Å²) in [5.41, 5.74) is 4.37. The number of aromatic nitrogens is 2.